The van der Waals surface area contributed by atoms with Gasteiger partial charge in [0.2, 0.25) is 0 Å². The van der Waals surface area contributed by atoms with Crippen LogP contribution in [0.1, 0.15) is 30.6 Å². The third-order valence-corrected chi connectivity index (χ3v) is 1.89. The van der Waals surface area contributed by atoms with Crippen LogP contribution < -0.4 is 0 Å². The zero-order chi connectivity index (χ0) is 9.90. The Morgan fingerprint density at radius 2 is 2.31 bits per heavy atom. The minimum atomic E-state index is -0.647. The average molecular weight is 181 g/mol. The van der Waals surface area contributed by atoms with Gasteiger partial charge in [-0.15, -0.1) is 0 Å². The standard InChI is InChI=1S/C10H15NO2/c1-10(2,13)4-6-11-5-3-9(7-11)8-12/h3,5,7-8,13H,4,6H2,1-2H3. The minimum Gasteiger partial charge on any atom is -0.390 e. The second-order valence-electron chi connectivity index (χ2n) is 3.86. The zero-order valence-corrected chi connectivity index (χ0v) is 8.03. The molecule has 0 bridgehead atoms. The van der Waals surface area contributed by atoms with E-state index in [1.165, 1.54) is 0 Å². The van der Waals surface area contributed by atoms with Crippen LogP contribution in [0.15, 0.2) is 18.5 Å². The Bertz CT molecular complexity index is 283. The Balaban J connectivity index is 2.50. The fourth-order valence-electron chi connectivity index (χ4n) is 1.07. The van der Waals surface area contributed by atoms with Gasteiger partial charge in [0.1, 0.15) is 0 Å². The van der Waals surface area contributed by atoms with Crippen molar-refractivity contribution in [1.29, 1.82) is 0 Å². The first-order chi connectivity index (χ1) is 6.01. The first-order valence-corrected chi connectivity index (χ1v) is 4.34. The van der Waals surface area contributed by atoms with Gasteiger partial charge in [0.05, 0.1) is 5.60 Å². The Morgan fingerprint density at radius 3 is 2.77 bits per heavy atom. The van der Waals surface area contributed by atoms with Gasteiger partial charge in [0.15, 0.2) is 6.29 Å². The summed E-state index contributed by atoms with van der Waals surface area (Å²) in [6.45, 7) is 4.28. The Morgan fingerprint density at radius 1 is 1.62 bits per heavy atom. The number of hydrogen-bond acceptors (Lipinski definition) is 2. The van der Waals surface area contributed by atoms with E-state index in [1.54, 1.807) is 26.1 Å². The van der Waals surface area contributed by atoms with Crippen molar-refractivity contribution in [2.75, 3.05) is 0 Å². The lowest BCUT2D eigenvalue weighted by Gasteiger charge is -2.16. The van der Waals surface area contributed by atoms with Gasteiger partial charge in [-0.05, 0) is 26.3 Å². The summed E-state index contributed by atoms with van der Waals surface area (Å²) in [7, 11) is 0. The minimum absolute atomic E-state index is 0.647. The predicted octanol–water partition coefficient (Wildman–Crippen LogP) is 1.46. The number of aryl methyl sites for hydroxylation is 1. The molecular formula is C10H15NO2. The largest absolute Gasteiger partial charge is 0.390 e. The van der Waals surface area contributed by atoms with E-state index in [0.29, 0.717) is 12.0 Å². The summed E-state index contributed by atoms with van der Waals surface area (Å²) in [6.07, 6.45) is 5.12. The van der Waals surface area contributed by atoms with Crippen molar-refractivity contribution >= 4 is 6.29 Å². The van der Waals surface area contributed by atoms with Crippen LogP contribution in [-0.4, -0.2) is 21.6 Å². The molecule has 0 fully saturated rings. The normalized spacial score (nSPS) is 11.6. The maximum absolute atomic E-state index is 10.4. The third kappa shape index (κ3) is 3.42. The van der Waals surface area contributed by atoms with Gasteiger partial charge in [0, 0.05) is 24.5 Å². The lowest BCUT2D eigenvalue weighted by molar-refractivity contribution is 0.0662. The fraction of sp³-hybridized carbons (Fsp3) is 0.500. The van der Waals surface area contributed by atoms with Gasteiger partial charge < -0.3 is 9.67 Å². The number of aromatic nitrogens is 1. The molecule has 1 aromatic heterocycles. The smallest absolute Gasteiger partial charge is 0.151 e. The molecule has 0 aliphatic carbocycles. The van der Waals surface area contributed by atoms with Gasteiger partial charge >= 0.3 is 0 Å². The van der Waals surface area contributed by atoms with Crippen LogP contribution >= 0.6 is 0 Å². The number of aliphatic hydroxyl groups is 1. The molecule has 0 aromatic carbocycles. The summed E-state index contributed by atoms with van der Waals surface area (Å²) in [5.41, 5.74) is 0.0294. The molecule has 0 atom stereocenters. The lowest BCUT2D eigenvalue weighted by atomic mass is 10.1. The maximum atomic E-state index is 10.4. The van der Waals surface area contributed by atoms with E-state index in [4.69, 9.17) is 0 Å². The molecule has 0 radical (unpaired) electrons. The maximum Gasteiger partial charge on any atom is 0.151 e. The first kappa shape index (κ1) is 9.99. The second-order valence-corrected chi connectivity index (χ2v) is 3.86. The van der Waals surface area contributed by atoms with E-state index in [1.807, 2.05) is 10.8 Å². The summed E-state index contributed by atoms with van der Waals surface area (Å²) >= 11 is 0. The third-order valence-electron chi connectivity index (χ3n) is 1.89. The Kier molecular flexibility index (Phi) is 2.88. The van der Waals surface area contributed by atoms with Crippen molar-refractivity contribution in [3.8, 4) is 0 Å². The lowest BCUT2D eigenvalue weighted by Crippen LogP contribution is -2.20. The van der Waals surface area contributed by atoms with E-state index >= 15 is 0 Å². The topological polar surface area (TPSA) is 42.2 Å². The highest BCUT2D eigenvalue weighted by Gasteiger charge is 2.11. The molecule has 3 heteroatoms. The van der Waals surface area contributed by atoms with Crippen molar-refractivity contribution in [1.82, 2.24) is 4.57 Å². The highest BCUT2D eigenvalue weighted by atomic mass is 16.3. The van der Waals surface area contributed by atoms with E-state index in [0.717, 1.165) is 12.8 Å². The highest BCUT2D eigenvalue weighted by Crippen LogP contribution is 2.09. The first-order valence-electron chi connectivity index (χ1n) is 4.34. The van der Waals surface area contributed by atoms with Gasteiger partial charge in [-0.3, -0.25) is 4.79 Å². The van der Waals surface area contributed by atoms with Crippen LogP contribution in [0.25, 0.3) is 0 Å². The van der Waals surface area contributed by atoms with Crippen molar-refractivity contribution in [2.24, 2.45) is 0 Å². The van der Waals surface area contributed by atoms with E-state index in [2.05, 4.69) is 0 Å². The molecular weight excluding hydrogens is 166 g/mol. The molecule has 72 valence electrons. The molecule has 0 aliphatic heterocycles. The molecule has 1 heterocycles. The molecule has 0 saturated carbocycles. The Hall–Kier alpha value is -1.09. The summed E-state index contributed by atoms with van der Waals surface area (Å²) in [5.74, 6) is 0. The summed E-state index contributed by atoms with van der Waals surface area (Å²) in [6, 6.07) is 1.76. The molecule has 0 unspecified atom stereocenters. The number of carbonyl (C=O) groups excluding carboxylic acids is 1. The summed E-state index contributed by atoms with van der Waals surface area (Å²) in [4.78, 5) is 10.4. The molecule has 0 spiro atoms. The molecule has 0 amide bonds. The van der Waals surface area contributed by atoms with Crippen LogP contribution in [0.5, 0.6) is 0 Å². The second kappa shape index (κ2) is 3.75. The number of aldehydes is 1. The number of rotatable bonds is 4. The van der Waals surface area contributed by atoms with E-state index in [9.17, 15) is 9.90 Å². The van der Waals surface area contributed by atoms with Crippen LogP contribution in [0.3, 0.4) is 0 Å². The molecule has 0 aliphatic rings. The molecule has 1 aromatic rings. The van der Waals surface area contributed by atoms with Gasteiger partial charge in [0.25, 0.3) is 0 Å². The SMILES string of the molecule is CC(C)(O)CCn1ccc(C=O)c1. The van der Waals surface area contributed by atoms with Crippen LogP contribution in [0, 0.1) is 0 Å². The van der Waals surface area contributed by atoms with E-state index in [-0.39, 0.29) is 0 Å². The van der Waals surface area contributed by atoms with E-state index < -0.39 is 5.60 Å². The molecule has 1 N–H and O–H groups in total. The predicted molar refractivity (Wildman–Crippen MR) is 50.7 cm³/mol. The van der Waals surface area contributed by atoms with Crippen LogP contribution in [0.4, 0.5) is 0 Å². The van der Waals surface area contributed by atoms with Crippen molar-refractivity contribution in [3.05, 3.63) is 24.0 Å². The molecule has 0 saturated heterocycles. The van der Waals surface area contributed by atoms with Crippen molar-refractivity contribution < 1.29 is 9.90 Å². The van der Waals surface area contributed by atoms with Gasteiger partial charge in [-0.2, -0.15) is 0 Å². The number of nitrogens with zero attached hydrogens (tertiary/aromatic N) is 1. The van der Waals surface area contributed by atoms with Gasteiger partial charge in [-0.25, -0.2) is 0 Å². The average Bonchev–Trinajstić information content (AvgIpc) is 2.47. The molecule has 13 heavy (non-hydrogen) atoms. The highest BCUT2D eigenvalue weighted by molar-refractivity contribution is 5.74. The van der Waals surface area contributed by atoms with Crippen LogP contribution in [-0.2, 0) is 6.54 Å². The van der Waals surface area contributed by atoms with Crippen LogP contribution in [0.2, 0.25) is 0 Å². The van der Waals surface area contributed by atoms with Crippen molar-refractivity contribution in [3.63, 3.8) is 0 Å². The monoisotopic (exact) mass is 181 g/mol. The Labute approximate surface area is 78.0 Å². The number of hydrogen-bond donors (Lipinski definition) is 1. The fourth-order valence-corrected chi connectivity index (χ4v) is 1.07. The van der Waals surface area contributed by atoms with Gasteiger partial charge in [-0.1, -0.05) is 0 Å². The quantitative estimate of drug-likeness (QED) is 0.714. The zero-order valence-electron chi connectivity index (χ0n) is 8.03. The summed E-state index contributed by atoms with van der Waals surface area (Å²) in [5, 5.41) is 9.46. The molecule has 1 rings (SSSR count). The van der Waals surface area contributed by atoms with Crippen molar-refractivity contribution in [2.45, 2.75) is 32.4 Å². The molecule has 3 nitrogen and oxygen atoms in total. The summed E-state index contributed by atoms with van der Waals surface area (Å²) < 4.78 is 1.90. The number of carbonyl (C=O) groups is 1.